The summed E-state index contributed by atoms with van der Waals surface area (Å²) in [6.45, 7) is 0. The van der Waals surface area contributed by atoms with E-state index < -0.39 is 11.9 Å². The van der Waals surface area contributed by atoms with E-state index in [1.165, 1.54) is 12.5 Å². The summed E-state index contributed by atoms with van der Waals surface area (Å²) in [5.41, 5.74) is -0.251. The molecule has 0 saturated carbocycles. The Hall–Kier alpha value is -2.65. The molecule has 3 aromatic rings. The Morgan fingerprint density at radius 2 is 2.10 bits per heavy atom. The Labute approximate surface area is 109 Å². The normalized spacial score (nSPS) is 12.0. The van der Waals surface area contributed by atoms with Crippen LogP contribution in [0.15, 0.2) is 18.6 Å². The van der Waals surface area contributed by atoms with Crippen LogP contribution in [0.25, 0.3) is 17.0 Å². The van der Waals surface area contributed by atoms with Crippen LogP contribution in [0.1, 0.15) is 5.69 Å². The molecule has 10 heteroatoms. The van der Waals surface area contributed by atoms with Gasteiger partial charge in [0, 0.05) is 13.2 Å². The molecule has 0 aromatic carbocycles. The number of fused-ring (bicyclic) bond motifs is 1. The SMILES string of the molecule is CNc1nc(-n2ccc(C(F)(F)F)n2)c2[nH]cnc2n1. The molecule has 0 atom stereocenters. The summed E-state index contributed by atoms with van der Waals surface area (Å²) in [7, 11) is 1.60. The number of alkyl halides is 3. The molecule has 104 valence electrons. The minimum absolute atomic E-state index is 0.187. The number of hydrogen-bond donors (Lipinski definition) is 2. The van der Waals surface area contributed by atoms with Gasteiger partial charge in [-0.2, -0.15) is 28.2 Å². The molecule has 0 unspecified atom stereocenters. The number of anilines is 1. The lowest BCUT2D eigenvalue weighted by atomic mass is 10.4. The molecular formula is C10H8F3N7. The van der Waals surface area contributed by atoms with Gasteiger partial charge in [-0.15, -0.1) is 0 Å². The van der Waals surface area contributed by atoms with E-state index in [0.29, 0.717) is 11.2 Å². The van der Waals surface area contributed by atoms with Crippen molar-refractivity contribution >= 4 is 17.1 Å². The molecule has 0 aliphatic carbocycles. The highest BCUT2D eigenvalue weighted by Crippen LogP contribution is 2.28. The van der Waals surface area contributed by atoms with Crippen molar-refractivity contribution < 1.29 is 13.2 Å². The van der Waals surface area contributed by atoms with Gasteiger partial charge in [-0.25, -0.2) is 9.67 Å². The predicted octanol–water partition coefficient (Wildman–Crippen LogP) is 1.60. The number of halogens is 3. The molecular weight excluding hydrogens is 275 g/mol. The number of nitrogens with one attached hydrogen (secondary N) is 2. The van der Waals surface area contributed by atoms with Crippen LogP contribution in [-0.4, -0.2) is 36.8 Å². The number of hydrogen-bond acceptors (Lipinski definition) is 5. The average molecular weight is 283 g/mol. The third-order valence-electron chi connectivity index (χ3n) is 2.59. The molecule has 0 spiro atoms. The molecule has 0 aliphatic heterocycles. The number of aromatic amines is 1. The van der Waals surface area contributed by atoms with Crippen molar-refractivity contribution in [3.63, 3.8) is 0 Å². The molecule has 0 saturated heterocycles. The van der Waals surface area contributed by atoms with E-state index in [-0.39, 0.29) is 11.8 Å². The molecule has 0 fully saturated rings. The van der Waals surface area contributed by atoms with Crippen LogP contribution < -0.4 is 5.32 Å². The Morgan fingerprint density at radius 1 is 1.30 bits per heavy atom. The van der Waals surface area contributed by atoms with Gasteiger partial charge in [-0.3, -0.25) is 0 Å². The van der Waals surface area contributed by atoms with E-state index in [4.69, 9.17) is 0 Å². The summed E-state index contributed by atoms with van der Waals surface area (Å²) in [6, 6.07) is 0.878. The Bertz CT molecular complexity index is 758. The molecule has 0 radical (unpaired) electrons. The monoisotopic (exact) mass is 283 g/mol. The van der Waals surface area contributed by atoms with Gasteiger partial charge in [0.25, 0.3) is 0 Å². The van der Waals surface area contributed by atoms with E-state index in [1.807, 2.05) is 0 Å². The van der Waals surface area contributed by atoms with Crippen LogP contribution in [0, 0.1) is 0 Å². The molecule has 7 nitrogen and oxygen atoms in total. The first-order valence-corrected chi connectivity index (χ1v) is 5.51. The number of H-pyrrole nitrogens is 1. The van der Waals surface area contributed by atoms with Crippen LogP contribution in [0.2, 0.25) is 0 Å². The van der Waals surface area contributed by atoms with Crippen molar-refractivity contribution in [2.75, 3.05) is 12.4 Å². The zero-order valence-corrected chi connectivity index (χ0v) is 10.1. The molecule has 0 amide bonds. The highest BCUT2D eigenvalue weighted by Gasteiger charge is 2.34. The van der Waals surface area contributed by atoms with Crippen LogP contribution in [0.5, 0.6) is 0 Å². The fraction of sp³-hybridized carbons (Fsp3) is 0.200. The molecule has 0 bridgehead atoms. The minimum atomic E-state index is -4.50. The van der Waals surface area contributed by atoms with Crippen molar-refractivity contribution in [3.8, 4) is 5.82 Å². The standard InChI is InChI=1S/C10H8F3N7/c1-14-9-17-7-6(15-4-16-7)8(18-9)20-3-2-5(19-20)10(11,12)13/h2-4H,1H3,(H2,14,15,16,17,18). The average Bonchev–Trinajstić information content (AvgIpc) is 3.05. The lowest BCUT2D eigenvalue weighted by Gasteiger charge is -2.05. The zero-order chi connectivity index (χ0) is 14.3. The van der Waals surface area contributed by atoms with Gasteiger partial charge in [0.15, 0.2) is 17.2 Å². The maximum Gasteiger partial charge on any atom is 0.435 e. The van der Waals surface area contributed by atoms with Crippen LogP contribution in [-0.2, 0) is 6.18 Å². The van der Waals surface area contributed by atoms with Gasteiger partial charge in [-0.1, -0.05) is 0 Å². The first-order valence-electron chi connectivity index (χ1n) is 5.51. The predicted molar refractivity (Wildman–Crippen MR) is 63.4 cm³/mol. The quantitative estimate of drug-likeness (QED) is 0.746. The second kappa shape index (κ2) is 4.18. The van der Waals surface area contributed by atoms with Crippen LogP contribution in [0.4, 0.5) is 19.1 Å². The smallest absolute Gasteiger partial charge is 0.357 e. The van der Waals surface area contributed by atoms with E-state index in [0.717, 1.165) is 10.7 Å². The maximum absolute atomic E-state index is 12.6. The molecule has 3 heterocycles. The summed E-state index contributed by atoms with van der Waals surface area (Å²) >= 11 is 0. The number of nitrogens with zero attached hydrogens (tertiary/aromatic N) is 5. The summed E-state index contributed by atoms with van der Waals surface area (Å²) in [6.07, 6.45) is -1.93. The van der Waals surface area contributed by atoms with Gasteiger partial charge >= 0.3 is 6.18 Å². The van der Waals surface area contributed by atoms with Gasteiger partial charge in [0.2, 0.25) is 5.95 Å². The van der Waals surface area contributed by atoms with E-state index in [2.05, 4.69) is 30.4 Å². The number of rotatable bonds is 2. The van der Waals surface area contributed by atoms with Gasteiger partial charge < -0.3 is 10.3 Å². The zero-order valence-electron chi connectivity index (χ0n) is 10.1. The molecule has 3 aromatic heterocycles. The van der Waals surface area contributed by atoms with Crippen molar-refractivity contribution in [1.29, 1.82) is 0 Å². The number of aromatic nitrogens is 6. The summed E-state index contributed by atoms with van der Waals surface area (Å²) in [5.74, 6) is 0.427. The lowest BCUT2D eigenvalue weighted by Crippen LogP contribution is -2.09. The fourth-order valence-corrected chi connectivity index (χ4v) is 1.69. The van der Waals surface area contributed by atoms with Gasteiger partial charge in [0.1, 0.15) is 5.52 Å². The first-order chi connectivity index (χ1) is 9.49. The lowest BCUT2D eigenvalue weighted by molar-refractivity contribution is -0.141. The fourth-order valence-electron chi connectivity index (χ4n) is 1.69. The van der Waals surface area contributed by atoms with E-state index in [9.17, 15) is 13.2 Å². The second-order valence-corrected chi connectivity index (χ2v) is 3.87. The third-order valence-corrected chi connectivity index (χ3v) is 2.59. The third kappa shape index (κ3) is 1.94. The van der Waals surface area contributed by atoms with Crippen LogP contribution >= 0.6 is 0 Å². The highest BCUT2D eigenvalue weighted by atomic mass is 19.4. The van der Waals surface area contributed by atoms with Crippen molar-refractivity contribution in [2.24, 2.45) is 0 Å². The van der Waals surface area contributed by atoms with Crippen molar-refractivity contribution in [3.05, 3.63) is 24.3 Å². The summed E-state index contributed by atoms with van der Waals surface area (Å²) in [4.78, 5) is 14.9. The Morgan fingerprint density at radius 3 is 2.75 bits per heavy atom. The largest absolute Gasteiger partial charge is 0.435 e. The first kappa shape index (κ1) is 12.4. The summed E-state index contributed by atoms with van der Waals surface area (Å²) in [5, 5.41) is 6.20. The summed E-state index contributed by atoms with van der Waals surface area (Å²) < 4.78 is 38.8. The molecule has 3 rings (SSSR count). The topological polar surface area (TPSA) is 84.3 Å². The van der Waals surface area contributed by atoms with Crippen molar-refractivity contribution in [1.82, 2.24) is 29.7 Å². The van der Waals surface area contributed by atoms with Crippen LogP contribution in [0.3, 0.4) is 0 Å². The van der Waals surface area contributed by atoms with E-state index >= 15 is 0 Å². The van der Waals surface area contributed by atoms with E-state index in [1.54, 1.807) is 7.05 Å². The Balaban J connectivity index is 2.18. The highest BCUT2D eigenvalue weighted by molar-refractivity contribution is 5.79. The maximum atomic E-state index is 12.6. The molecule has 2 N–H and O–H groups in total. The Kier molecular flexibility index (Phi) is 2.59. The molecule has 20 heavy (non-hydrogen) atoms. The van der Waals surface area contributed by atoms with Gasteiger partial charge in [-0.05, 0) is 6.07 Å². The van der Waals surface area contributed by atoms with Crippen molar-refractivity contribution in [2.45, 2.75) is 6.18 Å². The second-order valence-electron chi connectivity index (χ2n) is 3.87. The molecule has 0 aliphatic rings. The number of imidazole rings is 1. The van der Waals surface area contributed by atoms with Gasteiger partial charge in [0.05, 0.1) is 6.33 Å². The minimum Gasteiger partial charge on any atom is -0.357 e.